The Hall–Kier alpha value is -1.26. The molecule has 0 radical (unpaired) electrons. The van der Waals surface area contributed by atoms with Crippen molar-refractivity contribution in [2.24, 2.45) is 0 Å². The maximum absolute atomic E-state index is 8.97. The van der Waals surface area contributed by atoms with Gasteiger partial charge in [0.1, 0.15) is 6.04 Å². The topological polar surface area (TPSA) is 55.3 Å². The molecular weight excluding hydrogens is 230 g/mol. The van der Waals surface area contributed by atoms with Crippen molar-refractivity contribution in [3.8, 4) is 11.5 Å². The first-order chi connectivity index (χ1) is 8.80. The number of benzene rings is 1. The first-order valence-corrected chi connectivity index (χ1v) is 6.49. The molecular formula is C14H22NO3+. The number of ether oxygens (including phenoxy) is 2. The standard InChI is InChI=1S/C14H21NO3/c1-17-13-8-10-5-6-15-12(4-3-7-16)11(10)9-14(13)18-2/h8-9,12,15-16H,3-7H2,1-2H3/p+1/t12-/m0/s1. The quantitative estimate of drug-likeness (QED) is 0.808. The lowest BCUT2D eigenvalue weighted by Crippen LogP contribution is -2.87. The van der Waals surface area contributed by atoms with E-state index in [-0.39, 0.29) is 6.61 Å². The predicted octanol–water partition coefficient (Wildman–Crippen LogP) is 0.637. The van der Waals surface area contributed by atoms with Crippen LogP contribution in [0.2, 0.25) is 0 Å². The van der Waals surface area contributed by atoms with Gasteiger partial charge in [0.2, 0.25) is 0 Å². The van der Waals surface area contributed by atoms with Crippen LogP contribution in [-0.2, 0) is 6.42 Å². The zero-order valence-corrected chi connectivity index (χ0v) is 11.1. The van der Waals surface area contributed by atoms with Gasteiger partial charge < -0.3 is 19.9 Å². The number of hydrogen-bond donors (Lipinski definition) is 2. The lowest BCUT2D eigenvalue weighted by Gasteiger charge is -2.25. The fraction of sp³-hybridized carbons (Fsp3) is 0.571. The summed E-state index contributed by atoms with van der Waals surface area (Å²) in [6.07, 6.45) is 2.90. The molecule has 0 saturated carbocycles. The molecule has 18 heavy (non-hydrogen) atoms. The molecule has 4 nitrogen and oxygen atoms in total. The molecule has 100 valence electrons. The summed E-state index contributed by atoms with van der Waals surface area (Å²) in [7, 11) is 3.34. The average Bonchev–Trinajstić information content (AvgIpc) is 2.43. The highest BCUT2D eigenvalue weighted by Gasteiger charge is 2.25. The van der Waals surface area contributed by atoms with E-state index >= 15 is 0 Å². The molecule has 1 heterocycles. The van der Waals surface area contributed by atoms with Gasteiger partial charge in [0, 0.05) is 25.0 Å². The van der Waals surface area contributed by atoms with Crippen LogP contribution in [-0.4, -0.2) is 32.5 Å². The van der Waals surface area contributed by atoms with Crippen molar-refractivity contribution in [3.63, 3.8) is 0 Å². The van der Waals surface area contributed by atoms with Crippen LogP contribution in [0.3, 0.4) is 0 Å². The molecule has 0 spiro atoms. The predicted molar refractivity (Wildman–Crippen MR) is 69.1 cm³/mol. The average molecular weight is 252 g/mol. The van der Waals surface area contributed by atoms with Gasteiger partial charge in [-0.05, 0) is 24.1 Å². The number of aliphatic hydroxyl groups is 1. The normalized spacial score (nSPS) is 18.3. The van der Waals surface area contributed by atoms with Gasteiger partial charge in [-0.25, -0.2) is 0 Å². The lowest BCUT2D eigenvalue weighted by atomic mass is 9.91. The molecule has 0 bridgehead atoms. The van der Waals surface area contributed by atoms with Gasteiger partial charge in [0.15, 0.2) is 11.5 Å². The summed E-state index contributed by atoms with van der Waals surface area (Å²) in [5, 5.41) is 11.3. The van der Waals surface area contributed by atoms with Crippen LogP contribution in [0.5, 0.6) is 11.5 Å². The minimum absolute atomic E-state index is 0.257. The molecule has 0 aromatic heterocycles. The minimum atomic E-state index is 0.257. The van der Waals surface area contributed by atoms with Gasteiger partial charge in [-0.1, -0.05) is 0 Å². The third-order valence-corrected chi connectivity index (χ3v) is 3.58. The van der Waals surface area contributed by atoms with Crippen LogP contribution in [0.15, 0.2) is 12.1 Å². The summed E-state index contributed by atoms with van der Waals surface area (Å²) >= 11 is 0. The van der Waals surface area contributed by atoms with Crippen molar-refractivity contribution in [2.45, 2.75) is 25.3 Å². The summed E-state index contributed by atoms with van der Waals surface area (Å²) in [5.41, 5.74) is 2.67. The number of hydrogen-bond acceptors (Lipinski definition) is 3. The molecule has 0 amide bonds. The third-order valence-electron chi connectivity index (χ3n) is 3.58. The van der Waals surface area contributed by atoms with E-state index in [1.54, 1.807) is 14.2 Å². The first kappa shape index (κ1) is 13.2. The summed E-state index contributed by atoms with van der Waals surface area (Å²) in [5.74, 6) is 1.60. The smallest absolute Gasteiger partial charge is 0.161 e. The fourth-order valence-corrected chi connectivity index (χ4v) is 2.65. The summed E-state index contributed by atoms with van der Waals surface area (Å²) in [6, 6.07) is 4.61. The Morgan fingerprint density at radius 3 is 2.67 bits per heavy atom. The second kappa shape index (κ2) is 6.07. The van der Waals surface area contributed by atoms with Crippen molar-refractivity contribution < 1.29 is 19.9 Å². The number of fused-ring (bicyclic) bond motifs is 1. The third kappa shape index (κ3) is 2.60. The SMILES string of the molecule is COc1cc2c(cc1OC)[C@H](CCCO)[NH2+]CC2. The van der Waals surface area contributed by atoms with Crippen molar-refractivity contribution >= 4 is 0 Å². The highest BCUT2D eigenvalue weighted by atomic mass is 16.5. The Labute approximate surface area is 108 Å². The van der Waals surface area contributed by atoms with E-state index in [9.17, 15) is 0 Å². The minimum Gasteiger partial charge on any atom is -0.493 e. The molecule has 1 aliphatic heterocycles. The number of nitrogens with two attached hydrogens (primary N) is 1. The Morgan fingerprint density at radius 2 is 2.00 bits per heavy atom. The van der Waals surface area contributed by atoms with Gasteiger partial charge in [0.25, 0.3) is 0 Å². The molecule has 0 unspecified atom stereocenters. The molecule has 0 saturated heterocycles. The van der Waals surface area contributed by atoms with Crippen LogP contribution >= 0.6 is 0 Å². The maximum Gasteiger partial charge on any atom is 0.161 e. The van der Waals surface area contributed by atoms with E-state index in [1.807, 2.05) is 0 Å². The van der Waals surface area contributed by atoms with E-state index in [0.29, 0.717) is 6.04 Å². The second-order valence-corrected chi connectivity index (χ2v) is 4.65. The zero-order chi connectivity index (χ0) is 13.0. The van der Waals surface area contributed by atoms with Gasteiger partial charge >= 0.3 is 0 Å². The molecule has 0 fully saturated rings. The molecule has 1 aliphatic rings. The maximum atomic E-state index is 8.97. The summed E-state index contributed by atoms with van der Waals surface area (Å²) in [4.78, 5) is 0. The summed E-state index contributed by atoms with van der Waals surface area (Å²) < 4.78 is 10.7. The molecule has 3 N–H and O–H groups in total. The largest absolute Gasteiger partial charge is 0.493 e. The lowest BCUT2D eigenvalue weighted by molar-refractivity contribution is -0.699. The second-order valence-electron chi connectivity index (χ2n) is 4.65. The van der Waals surface area contributed by atoms with Crippen LogP contribution in [0.4, 0.5) is 0 Å². The Balaban J connectivity index is 2.31. The summed E-state index contributed by atoms with van der Waals surface area (Å²) in [6.45, 7) is 1.35. The van der Waals surface area contributed by atoms with E-state index in [2.05, 4.69) is 17.4 Å². The molecule has 1 aromatic carbocycles. The molecule has 0 aliphatic carbocycles. The van der Waals surface area contributed by atoms with Crippen molar-refractivity contribution in [2.75, 3.05) is 27.4 Å². The number of rotatable bonds is 5. The molecule has 1 aromatic rings. The number of methoxy groups -OCH3 is 2. The Morgan fingerprint density at radius 1 is 1.28 bits per heavy atom. The fourth-order valence-electron chi connectivity index (χ4n) is 2.65. The van der Waals surface area contributed by atoms with Crippen LogP contribution < -0.4 is 14.8 Å². The highest BCUT2D eigenvalue weighted by molar-refractivity contribution is 5.48. The Bertz CT molecular complexity index is 406. The van der Waals surface area contributed by atoms with E-state index in [4.69, 9.17) is 14.6 Å². The monoisotopic (exact) mass is 252 g/mol. The van der Waals surface area contributed by atoms with Crippen LogP contribution in [0.1, 0.15) is 30.0 Å². The molecule has 2 rings (SSSR count). The molecule has 4 heteroatoms. The van der Waals surface area contributed by atoms with Crippen LogP contribution in [0.25, 0.3) is 0 Å². The molecule has 1 atom stereocenters. The number of aliphatic hydroxyl groups excluding tert-OH is 1. The number of quaternary nitrogens is 1. The van der Waals surface area contributed by atoms with Gasteiger partial charge in [-0.3, -0.25) is 0 Å². The van der Waals surface area contributed by atoms with E-state index in [0.717, 1.165) is 37.3 Å². The van der Waals surface area contributed by atoms with E-state index in [1.165, 1.54) is 11.1 Å². The van der Waals surface area contributed by atoms with Crippen molar-refractivity contribution in [3.05, 3.63) is 23.3 Å². The highest BCUT2D eigenvalue weighted by Crippen LogP contribution is 2.34. The van der Waals surface area contributed by atoms with Gasteiger partial charge in [-0.15, -0.1) is 0 Å². The van der Waals surface area contributed by atoms with Gasteiger partial charge in [0.05, 0.1) is 20.8 Å². The van der Waals surface area contributed by atoms with Crippen molar-refractivity contribution in [1.82, 2.24) is 0 Å². The van der Waals surface area contributed by atoms with Crippen molar-refractivity contribution in [1.29, 1.82) is 0 Å². The Kier molecular flexibility index (Phi) is 4.44. The van der Waals surface area contributed by atoms with E-state index < -0.39 is 0 Å². The first-order valence-electron chi connectivity index (χ1n) is 6.49. The van der Waals surface area contributed by atoms with Gasteiger partial charge in [-0.2, -0.15) is 0 Å². The van der Waals surface area contributed by atoms with Crippen LogP contribution in [0, 0.1) is 0 Å². The zero-order valence-electron chi connectivity index (χ0n) is 11.1.